The molecule has 2 heterocycles. The van der Waals surface area contributed by atoms with Gasteiger partial charge in [0.25, 0.3) is 0 Å². The van der Waals surface area contributed by atoms with E-state index >= 15 is 0 Å². The smallest absolute Gasteiger partial charge is 0.231 e. The van der Waals surface area contributed by atoms with E-state index in [1.54, 1.807) is 12.1 Å². The number of hydrogen-bond donors (Lipinski definition) is 0. The number of aromatic nitrogens is 2. The molecule has 0 spiro atoms. The first-order valence-electron chi connectivity index (χ1n) is 8.74. The van der Waals surface area contributed by atoms with Crippen molar-refractivity contribution in [2.45, 2.75) is 25.3 Å². The molecule has 0 amide bonds. The maximum absolute atomic E-state index is 13.1. The predicted octanol–water partition coefficient (Wildman–Crippen LogP) is 4.91. The van der Waals surface area contributed by atoms with E-state index in [-0.39, 0.29) is 11.7 Å². The molecule has 4 nitrogen and oxygen atoms in total. The lowest BCUT2D eigenvalue weighted by Gasteiger charge is -2.30. The van der Waals surface area contributed by atoms with Gasteiger partial charge >= 0.3 is 0 Å². The zero-order chi connectivity index (χ0) is 17.9. The number of halogens is 2. The molecule has 1 unspecified atom stereocenters. The maximum atomic E-state index is 13.1. The molecule has 1 saturated heterocycles. The molecule has 0 N–H and O–H groups in total. The Morgan fingerprint density at radius 3 is 2.85 bits per heavy atom. The topological polar surface area (TPSA) is 42.2 Å². The van der Waals surface area contributed by atoms with Crippen LogP contribution in [0, 0.1) is 5.82 Å². The second-order valence-corrected chi connectivity index (χ2v) is 7.10. The maximum Gasteiger partial charge on any atom is 0.231 e. The molecule has 1 atom stereocenters. The summed E-state index contributed by atoms with van der Waals surface area (Å²) in [6.45, 7) is 2.77. The van der Waals surface area contributed by atoms with Crippen LogP contribution in [0.1, 0.15) is 30.2 Å². The molecule has 1 aromatic heterocycles. The van der Waals surface area contributed by atoms with Gasteiger partial charge in [0.15, 0.2) is 0 Å². The Hall–Kier alpha value is -2.24. The highest BCUT2D eigenvalue weighted by molar-refractivity contribution is 6.30. The number of hydrogen-bond acceptors (Lipinski definition) is 4. The Morgan fingerprint density at radius 2 is 2.04 bits per heavy atom. The van der Waals surface area contributed by atoms with Crippen molar-refractivity contribution in [3.05, 3.63) is 70.8 Å². The lowest BCUT2D eigenvalue weighted by Crippen LogP contribution is -2.34. The van der Waals surface area contributed by atoms with Crippen molar-refractivity contribution >= 4 is 11.6 Å². The molecule has 0 saturated carbocycles. The van der Waals surface area contributed by atoms with Crippen LogP contribution >= 0.6 is 11.6 Å². The van der Waals surface area contributed by atoms with E-state index in [9.17, 15) is 4.39 Å². The Kier molecular flexibility index (Phi) is 5.00. The van der Waals surface area contributed by atoms with Gasteiger partial charge in [-0.2, -0.15) is 4.98 Å². The van der Waals surface area contributed by atoms with Crippen LogP contribution in [-0.2, 0) is 6.54 Å². The summed E-state index contributed by atoms with van der Waals surface area (Å²) in [4.78, 5) is 6.93. The highest BCUT2D eigenvalue weighted by Crippen LogP contribution is 2.28. The Balaban J connectivity index is 1.45. The lowest BCUT2D eigenvalue weighted by atomic mass is 9.97. The molecule has 1 fully saturated rings. The molecular weight excluding hydrogens is 353 g/mol. The van der Waals surface area contributed by atoms with Crippen LogP contribution in [0.5, 0.6) is 0 Å². The zero-order valence-corrected chi connectivity index (χ0v) is 15.0. The minimum atomic E-state index is -0.276. The Bertz CT molecular complexity index is 881. The fourth-order valence-electron chi connectivity index (χ4n) is 3.41. The molecule has 0 radical (unpaired) electrons. The molecule has 2 aromatic carbocycles. The average molecular weight is 372 g/mol. The van der Waals surface area contributed by atoms with Crippen LogP contribution in [0.25, 0.3) is 11.4 Å². The number of rotatable bonds is 4. The van der Waals surface area contributed by atoms with Gasteiger partial charge in [-0.25, -0.2) is 4.39 Å². The quantitative estimate of drug-likeness (QED) is 0.653. The van der Waals surface area contributed by atoms with Crippen molar-refractivity contribution in [1.82, 2.24) is 15.0 Å². The first-order chi connectivity index (χ1) is 12.7. The Labute approximate surface area is 156 Å². The van der Waals surface area contributed by atoms with E-state index < -0.39 is 0 Å². The van der Waals surface area contributed by atoms with E-state index in [1.807, 2.05) is 18.2 Å². The summed E-state index contributed by atoms with van der Waals surface area (Å²) in [5.41, 5.74) is 1.96. The Morgan fingerprint density at radius 1 is 1.19 bits per heavy atom. The van der Waals surface area contributed by atoms with E-state index in [0.717, 1.165) is 43.1 Å². The van der Waals surface area contributed by atoms with Gasteiger partial charge in [-0.15, -0.1) is 0 Å². The second-order valence-electron chi connectivity index (χ2n) is 6.67. The van der Waals surface area contributed by atoms with Crippen LogP contribution < -0.4 is 0 Å². The number of piperidine rings is 1. The first-order valence-corrected chi connectivity index (χ1v) is 9.11. The van der Waals surface area contributed by atoms with Gasteiger partial charge in [-0.05, 0) is 61.3 Å². The van der Waals surface area contributed by atoms with Gasteiger partial charge in [0.2, 0.25) is 11.7 Å². The molecule has 0 bridgehead atoms. The summed E-state index contributed by atoms with van der Waals surface area (Å²) in [5, 5.41) is 4.83. The van der Waals surface area contributed by atoms with Crippen molar-refractivity contribution in [1.29, 1.82) is 0 Å². The highest BCUT2D eigenvalue weighted by atomic mass is 35.5. The third-order valence-corrected chi connectivity index (χ3v) is 4.93. The summed E-state index contributed by atoms with van der Waals surface area (Å²) in [5.74, 6) is 1.10. The highest BCUT2D eigenvalue weighted by Gasteiger charge is 2.26. The summed E-state index contributed by atoms with van der Waals surface area (Å²) in [7, 11) is 0. The number of nitrogens with zero attached hydrogens (tertiary/aromatic N) is 3. The summed E-state index contributed by atoms with van der Waals surface area (Å²) >= 11 is 6.08. The van der Waals surface area contributed by atoms with Gasteiger partial charge in [-0.3, -0.25) is 4.90 Å². The van der Waals surface area contributed by atoms with Crippen LogP contribution in [0.4, 0.5) is 4.39 Å². The largest absolute Gasteiger partial charge is 0.339 e. The predicted molar refractivity (Wildman–Crippen MR) is 98.4 cm³/mol. The van der Waals surface area contributed by atoms with Gasteiger partial charge in [0.05, 0.1) is 5.92 Å². The van der Waals surface area contributed by atoms with Crippen molar-refractivity contribution in [3.63, 3.8) is 0 Å². The molecule has 134 valence electrons. The van der Waals surface area contributed by atoms with Crippen molar-refractivity contribution < 1.29 is 8.91 Å². The van der Waals surface area contributed by atoms with E-state index in [1.165, 1.54) is 17.7 Å². The molecule has 0 aliphatic carbocycles. The second kappa shape index (κ2) is 7.56. The molecule has 1 aliphatic rings. The molecule has 4 rings (SSSR count). The molecule has 1 aliphatic heterocycles. The average Bonchev–Trinajstić information content (AvgIpc) is 3.13. The van der Waals surface area contributed by atoms with Crippen LogP contribution in [0.15, 0.2) is 53.1 Å². The van der Waals surface area contributed by atoms with Gasteiger partial charge < -0.3 is 4.52 Å². The lowest BCUT2D eigenvalue weighted by molar-refractivity contribution is 0.180. The van der Waals surface area contributed by atoms with Gasteiger partial charge in [-0.1, -0.05) is 28.9 Å². The molecule has 26 heavy (non-hydrogen) atoms. The minimum Gasteiger partial charge on any atom is -0.339 e. The normalized spacial score (nSPS) is 18.2. The fraction of sp³-hybridized carbons (Fsp3) is 0.300. The molecule has 6 heteroatoms. The third kappa shape index (κ3) is 3.94. The third-order valence-electron chi connectivity index (χ3n) is 4.69. The van der Waals surface area contributed by atoms with Gasteiger partial charge in [0, 0.05) is 23.7 Å². The fourth-order valence-corrected chi connectivity index (χ4v) is 3.62. The number of benzene rings is 2. The van der Waals surface area contributed by atoms with Crippen molar-refractivity contribution in [2.75, 3.05) is 13.1 Å². The van der Waals surface area contributed by atoms with E-state index in [0.29, 0.717) is 11.7 Å². The zero-order valence-electron chi connectivity index (χ0n) is 14.2. The molecule has 3 aromatic rings. The summed E-state index contributed by atoms with van der Waals surface area (Å²) < 4.78 is 18.6. The number of likely N-dealkylation sites (tertiary alicyclic amines) is 1. The van der Waals surface area contributed by atoms with Crippen LogP contribution in [0.2, 0.25) is 5.02 Å². The van der Waals surface area contributed by atoms with Crippen molar-refractivity contribution in [2.24, 2.45) is 0 Å². The van der Waals surface area contributed by atoms with Gasteiger partial charge in [0.1, 0.15) is 5.82 Å². The standard InChI is InChI=1S/C20H19ClFN3O/c21-17-5-1-3-14(11-17)12-25-10-2-4-16(13-25)20-23-19(24-26-20)15-6-8-18(22)9-7-15/h1,3,5-9,11,16H,2,4,10,12-13H2. The van der Waals surface area contributed by atoms with E-state index in [4.69, 9.17) is 16.1 Å². The SMILES string of the molecule is Fc1ccc(-c2noc(C3CCCN(Cc4cccc(Cl)c4)C3)n2)cc1. The van der Waals surface area contributed by atoms with Crippen LogP contribution in [0.3, 0.4) is 0 Å². The molecular formula is C20H19ClFN3O. The van der Waals surface area contributed by atoms with E-state index in [2.05, 4.69) is 21.1 Å². The van der Waals surface area contributed by atoms with Crippen molar-refractivity contribution in [3.8, 4) is 11.4 Å². The van der Waals surface area contributed by atoms with Crippen LogP contribution in [-0.4, -0.2) is 28.1 Å². The minimum absolute atomic E-state index is 0.213. The summed E-state index contributed by atoms with van der Waals surface area (Å²) in [6, 6.07) is 14.1. The first kappa shape index (κ1) is 17.2. The monoisotopic (exact) mass is 371 g/mol. The summed E-state index contributed by atoms with van der Waals surface area (Å²) in [6.07, 6.45) is 2.11.